The quantitative estimate of drug-likeness (QED) is 0.874. The molecule has 1 aliphatic heterocycles. The maximum absolute atomic E-state index is 12.0. The van der Waals surface area contributed by atoms with Crippen molar-refractivity contribution in [2.24, 2.45) is 0 Å². The van der Waals surface area contributed by atoms with Gasteiger partial charge in [0.05, 0.1) is 10.5 Å². The first-order valence-corrected chi connectivity index (χ1v) is 7.57. The highest BCUT2D eigenvalue weighted by Crippen LogP contribution is 2.33. The lowest BCUT2D eigenvalue weighted by Gasteiger charge is -2.28. The molecule has 6 heteroatoms. The van der Waals surface area contributed by atoms with Crippen molar-refractivity contribution < 1.29 is 9.59 Å². The molecule has 1 aliphatic rings. The Morgan fingerprint density at radius 3 is 2.59 bits per heavy atom. The molecule has 3 amide bonds. The minimum absolute atomic E-state index is 0.0934. The minimum Gasteiger partial charge on any atom is -0.342 e. The fourth-order valence-electron chi connectivity index (χ4n) is 2.73. The van der Waals surface area contributed by atoms with Crippen LogP contribution in [-0.4, -0.2) is 23.1 Å². The van der Waals surface area contributed by atoms with Crippen LogP contribution in [0, 0.1) is 0 Å². The Hall–Kier alpha value is -2.01. The average Bonchev–Trinajstić information content (AvgIpc) is 2.82. The lowest BCUT2D eigenvalue weighted by atomic mass is 10.1. The van der Waals surface area contributed by atoms with Crippen LogP contribution in [0.1, 0.15) is 27.2 Å². The Labute approximate surface area is 133 Å². The van der Waals surface area contributed by atoms with Crippen molar-refractivity contribution in [3.05, 3.63) is 29.4 Å². The standard InChI is InChI=1S/C16H18ClN3O2/c1-16(2,3)20-7-4-11-12(17)8-10(9-13(11)20)19-6-5-14(21)18-15(19)22/h4,7-9H,5-6H2,1-3H3,(H,18,21,22). The number of imide groups is 1. The van der Waals surface area contributed by atoms with Crippen molar-refractivity contribution >= 4 is 40.1 Å². The fourth-order valence-corrected chi connectivity index (χ4v) is 3.01. The predicted molar refractivity (Wildman–Crippen MR) is 87.4 cm³/mol. The third-order valence-electron chi connectivity index (χ3n) is 3.83. The lowest BCUT2D eigenvalue weighted by Crippen LogP contribution is -2.49. The highest BCUT2D eigenvalue weighted by atomic mass is 35.5. The van der Waals surface area contributed by atoms with E-state index in [1.807, 2.05) is 18.3 Å². The van der Waals surface area contributed by atoms with Gasteiger partial charge in [0.1, 0.15) is 0 Å². The fraction of sp³-hybridized carbons (Fsp3) is 0.375. The third-order valence-corrected chi connectivity index (χ3v) is 4.14. The Bertz CT molecular complexity index is 774. The zero-order chi connectivity index (χ0) is 16.1. The first-order chi connectivity index (χ1) is 10.3. The van der Waals surface area contributed by atoms with Crippen LogP contribution >= 0.6 is 11.6 Å². The van der Waals surface area contributed by atoms with Gasteiger partial charge in [0.25, 0.3) is 0 Å². The SMILES string of the molecule is CC(C)(C)n1ccc2c(Cl)cc(N3CCC(=O)NC3=O)cc21. The van der Waals surface area contributed by atoms with Gasteiger partial charge in [0, 0.05) is 35.8 Å². The number of rotatable bonds is 1. The second kappa shape index (κ2) is 5.02. The average molecular weight is 320 g/mol. The summed E-state index contributed by atoms with van der Waals surface area (Å²) in [6.45, 7) is 6.70. The van der Waals surface area contributed by atoms with Gasteiger partial charge in [-0.25, -0.2) is 4.79 Å². The molecule has 5 nitrogen and oxygen atoms in total. The molecule has 3 rings (SSSR count). The number of nitrogens with zero attached hydrogens (tertiary/aromatic N) is 2. The maximum Gasteiger partial charge on any atom is 0.328 e. The molecule has 2 heterocycles. The van der Waals surface area contributed by atoms with E-state index in [2.05, 4.69) is 30.7 Å². The summed E-state index contributed by atoms with van der Waals surface area (Å²) in [4.78, 5) is 24.9. The van der Waals surface area contributed by atoms with Crippen LogP contribution < -0.4 is 10.2 Å². The first kappa shape index (κ1) is 14.9. The van der Waals surface area contributed by atoms with Crippen molar-refractivity contribution in [2.75, 3.05) is 11.4 Å². The van der Waals surface area contributed by atoms with Crippen LogP contribution in [0.25, 0.3) is 10.9 Å². The number of nitrogens with one attached hydrogen (secondary N) is 1. The van der Waals surface area contributed by atoms with Crippen LogP contribution in [0.3, 0.4) is 0 Å². The molecular weight excluding hydrogens is 302 g/mol. The summed E-state index contributed by atoms with van der Waals surface area (Å²) in [7, 11) is 0. The van der Waals surface area contributed by atoms with Gasteiger partial charge < -0.3 is 4.57 Å². The number of aromatic nitrogens is 1. The third kappa shape index (κ3) is 2.46. The molecule has 0 aliphatic carbocycles. The van der Waals surface area contributed by atoms with Crippen LogP contribution in [0.2, 0.25) is 5.02 Å². The Morgan fingerprint density at radius 2 is 1.95 bits per heavy atom. The molecule has 0 spiro atoms. The van der Waals surface area contributed by atoms with E-state index in [1.54, 1.807) is 11.0 Å². The van der Waals surface area contributed by atoms with Gasteiger partial charge in [-0.1, -0.05) is 11.6 Å². The van der Waals surface area contributed by atoms with Crippen molar-refractivity contribution in [1.82, 2.24) is 9.88 Å². The Kier molecular flexibility index (Phi) is 3.40. The van der Waals surface area contributed by atoms with Crippen LogP contribution in [0.15, 0.2) is 24.4 Å². The van der Waals surface area contributed by atoms with Crippen molar-refractivity contribution in [3.63, 3.8) is 0 Å². The van der Waals surface area contributed by atoms with Crippen LogP contribution in [0.4, 0.5) is 10.5 Å². The second-order valence-electron chi connectivity index (χ2n) is 6.47. The number of amides is 3. The number of hydrogen-bond acceptors (Lipinski definition) is 2. The zero-order valence-electron chi connectivity index (χ0n) is 12.8. The normalized spacial score (nSPS) is 16.3. The number of hydrogen-bond donors (Lipinski definition) is 1. The molecular formula is C16H18ClN3O2. The molecule has 0 atom stereocenters. The topological polar surface area (TPSA) is 54.3 Å². The highest BCUT2D eigenvalue weighted by molar-refractivity contribution is 6.36. The van der Waals surface area contributed by atoms with Crippen molar-refractivity contribution in [2.45, 2.75) is 32.7 Å². The molecule has 0 bridgehead atoms. The minimum atomic E-state index is -0.402. The first-order valence-electron chi connectivity index (χ1n) is 7.20. The van der Waals surface area contributed by atoms with E-state index >= 15 is 0 Å². The van der Waals surface area contributed by atoms with E-state index < -0.39 is 6.03 Å². The molecule has 22 heavy (non-hydrogen) atoms. The maximum atomic E-state index is 12.0. The summed E-state index contributed by atoms with van der Waals surface area (Å²) in [5.41, 5.74) is 1.58. The van der Waals surface area contributed by atoms with Crippen molar-refractivity contribution in [3.8, 4) is 0 Å². The Morgan fingerprint density at radius 1 is 1.23 bits per heavy atom. The summed E-state index contributed by atoms with van der Waals surface area (Å²) in [5, 5.41) is 3.88. The number of carbonyl (C=O) groups is 2. The molecule has 1 N–H and O–H groups in total. The van der Waals surface area contributed by atoms with Gasteiger partial charge >= 0.3 is 6.03 Å². The molecule has 1 saturated heterocycles. The predicted octanol–water partition coefficient (Wildman–Crippen LogP) is 3.50. The van der Waals surface area contributed by atoms with E-state index in [9.17, 15) is 9.59 Å². The number of urea groups is 1. The van der Waals surface area contributed by atoms with Crippen LogP contribution in [0.5, 0.6) is 0 Å². The smallest absolute Gasteiger partial charge is 0.328 e. The monoisotopic (exact) mass is 319 g/mol. The largest absolute Gasteiger partial charge is 0.342 e. The number of anilines is 1. The van der Waals surface area contributed by atoms with Crippen molar-refractivity contribution in [1.29, 1.82) is 0 Å². The molecule has 0 saturated carbocycles. The molecule has 1 aromatic carbocycles. The van der Waals surface area contributed by atoms with Gasteiger partial charge in [0.15, 0.2) is 0 Å². The molecule has 2 aromatic rings. The lowest BCUT2D eigenvalue weighted by molar-refractivity contribution is -0.120. The van der Waals surface area contributed by atoms with Crippen LogP contribution in [-0.2, 0) is 10.3 Å². The van der Waals surface area contributed by atoms with Gasteiger partial charge in [-0.15, -0.1) is 0 Å². The van der Waals surface area contributed by atoms with Gasteiger partial charge in [-0.2, -0.15) is 0 Å². The zero-order valence-corrected chi connectivity index (χ0v) is 13.6. The molecule has 1 aromatic heterocycles. The van der Waals surface area contributed by atoms with E-state index in [0.29, 0.717) is 23.7 Å². The molecule has 1 fully saturated rings. The van der Waals surface area contributed by atoms with Gasteiger partial charge in [-0.05, 0) is 39.0 Å². The van der Waals surface area contributed by atoms with Gasteiger partial charge in [0.2, 0.25) is 5.91 Å². The highest BCUT2D eigenvalue weighted by Gasteiger charge is 2.26. The molecule has 0 radical (unpaired) electrons. The van der Waals surface area contributed by atoms with E-state index in [4.69, 9.17) is 11.6 Å². The number of carbonyl (C=O) groups excluding carboxylic acids is 2. The van der Waals surface area contributed by atoms with Gasteiger partial charge in [-0.3, -0.25) is 15.0 Å². The van der Waals surface area contributed by atoms with E-state index in [-0.39, 0.29) is 11.4 Å². The summed E-state index contributed by atoms with van der Waals surface area (Å²) in [5.74, 6) is -0.244. The number of fused-ring (bicyclic) bond motifs is 1. The summed E-state index contributed by atoms with van der Waals surface area (Å²) in [6.07, 6.45) is 2.29. The summed E-state index contributed by atoms with van der Waals surface area (Å²) >= 11 is 6.38. The van der Waals surface area contributed by atoms with E-state index in [1.165, 1.54) is 0 Å². The van der Waals surface area contributed by atoms with E-state index in [0.717, 1.165) is 10.9 Å². The number of benzene rings is 1. The number of halogens is 1. The molecule has 0 unspecified atom stereocenters. The Balaban J connectivity index is 2.12. The second-order valence-corrected chi connectivity index (χ2v) is 6.88. The molecule has 116 valence electrons. The summed E-state index contributed by atoms with van der Waals surface area (Å²) < 4.78 is 2.13. The summed E-state index contributed by atoms with van der Waals surface area (Å²) in [6, 6.07) is 5.29.